The third-order valence-corrected chi connectivity index (χ3v) is 3.51. The van der Waals surface area contributed by atoms with Crippen LogP contribution in [-0.4, -0.2) is 42.0 Å². The highest BCUT2D eigenvalue weighted by Gasteiger charge is 2.10. The highest BCUT2D eigenvalue weighted by Crippen LogP contribution is 2.08. The van der Waals surface area contributed by atoms with Crippen LogP contribution in [0.4, 0.5) is 0 Å². The first-order valence-electron chi connectivity index (χ1n) is 7.20. The van der Waals surface area contributed by atoms with Gasteiger partial charge in [-0.25, -0.2) is 4.98 Å². The van der Waals surface area contributed by atoms with Gasteiger partial charge in [-0.2, -0.15) is 0 Å². The maximum Gasteiger partial charge on any atom is 0.269 e. The molecule has 4 nitrogen and oxygen atoms in total. The largest absolute Gasteiger partial charge is 0.351 e. The number of pyridine rings is 1. The van der Waals surface area contributed by atoms with Crippen LogP contribution in [0.1, 0.15) is 41.9 Å². The maximum absolute atomic E-state index is 11.8. The summed E-state index contributed by atoms with van der Waals surface area (Å²) < 4.78 is 0. The minimum Gasteiger partial charge on any atom is -0.351 e. The minimum atomic E-state index is -0.0649. The Morgan fingerprint density at radius 1 is 1.32 bits per heavy atom. The van der Waals surface area contributed by atoms with E-state index in [1.807, 2.05) is 19.1 Å². The molecule has 1 aromatic rings. The van der Waals surface area contributed by atoms with Crippen LogP contribution in [0.15, 0.2) is 18.2 Å². The predicted octanol–water partition coefficient (Wildman–Crippen LogP) is 2.00. The van der Waals surface area contributed by atoms with E-state index >= 15 is 0 Å². The van der Waals surface area contributed by atoms with Gasteiger partial charge in [-0.3, -0.25) is 4.79 Å². The maximum atomic E-state index is 11.8. The van der Waals surface area contributed by atoms with Gasteiger partial charge < -0.3 is 10.2 Å². The highest BCUT2D eigenvalue weighted by molar-refractivity contribution is 5.92. The van der Waals surface area contributed by atoms with Gasteiger partial charge in [0.1, 0.15) is 5.69 Å². The molecular weight excluding hydrogens is 238 g/mol. The summed E-state index contributed by atoms with van der Waals surface area (Å²) in [6, 6.07) is 5.52. The Morgan fingerprint density at radius 3 is 2.84 bits per heavy atom. The smallest absolute Gasteiger partial charge is 0.269 e. The Balaban J connectivity index is 1.61. The summed E-state index contributed by atoms with van der Waals surface area (Å²) in [5, 5.41) is 2.93. The van der Waals surface area contributed by atoms with Crippen LogP contribution >= 0.6 is 0 Å². The lowest BCUT2D eigenvalue weighted by Gasteiger charge is -2.13. The molecule has 1 aromatic heterocycles. The van der Waals surface area contributed by atoms with E-state index in [1.165, 1.54) is 32.5 Å². The van der Waals surface area contributed by atoms with Crippen molar-refractivity contribution in [2.75, 3.05) is 26.2 Å². The van der Waals surface area contributed by atoms with Crippen molar-refractivity contribution in [3.05, 3.63) is 29.6 Å². The zero-order valence-corrected chi connectivity index (χ0v) is 11.7. The monoisotopic (exact) mass is 261 g/mol. The molecule has 0 radical (unpaired) electrons. The first-order chi connectivity index (χ1) is 9.25. The fourth-order valence-corrected chi connectivity index (χ4v) is 2.43. The van der Waals surface area contributed by atoms with E-state index in [0.717, 1.165) is 25.1 Å². The van der Waals surface area contributed by atoms with Gasteiger partial charge in [0.25, 0.3) is 5.91 Å². The molecule has 1 saturated heterocycles. The van der Waals surface area contributed by atoms with E-state index in [9.17, 15) is 4.79 Å². The minimum absolute atomic E-state index is 0.0649. The summed E-state index contributed by atoms with van der Waals surface area (Å²) in [5.74, 6) is -0.0649. The molecule has 0 aromatic carbocycles. The SMILES string of the molecule is Cc1cccc(C(=O)NCCCCN2CCCC2)n1. The van der Waals surface area contributed by atoms with E-state index in [0.29, 0.717) is 5.69 Å². The average Bonchev–Trinajstić information content (AvgIpc) is 2.91. The normalized spacial score (nSPS) is 15.6. The number of hydrogen-bond acceptors (Lipinski definition) is 3. The van der Waals surface area contributed by atoms with Crippen LogP contribution in [-0.2, 0) is 0 Å². The highest BCUT2D eigenvalue weighted by atomic mass is 16.1. The number of nitrogens with one attached hydrogen (secondary N) is 1. The Labute approximate surface area is 115 Å². The van der Waals surface area contributed by atoms with Crippen molar-refractivity contribution >= 4 is 5.91 Å². The first-order valence-corrected chi connectivity index (χ1v) is 7.20. The van der Waals surface area contributed by atoms with Gasteiger partial charge in [-0.15, -0.1) is 0 Å². The molecule has 1 fully saturated rings. The lowest BCUT2D eigenvalue weighted by molar-refractivity contribution is 0.0947. The molecule has 0 aliphatic carbocycles. The summed E-state index contributed by atoms with van der Waals surface area (Å²) in [6.07, 6.45) is 4.88. The third kappa shape index (κ3) is 4.63. The van der Waals surface area contributed by atoms with Crippen molar-refractivity contribution in [1.29, 1.82) is 0 Å². The number of unbranched alkanes of at least 4 members (excludes halogenated alkanes) is 1. The second kappa shape index (κ2) is 7.24. The summed E-state index contributed by atoms with van der Waals surface area (Å²) in [6.45, 7) is 6.30. The van der Waals surface area contributed by atoms with Crippen molar-refractivity contribution in [1.82, 2.24) is 15.2 Å². The molecule has 2 rings (SSSR count). The van der Waals surface area contributed by atoms with E-state index in [-0.39, 0.29) is 5.91 Å². The number of nitrogens with zero attached hydrogens (tertiary/aromatic N) is 2. The fraction of sp³-hybridized carbons (Fsp3) is 0.600. The Morgan fingerprint density at radius 2 is 2.11 bits per heavy atom. The average molecular weight is 261 g/mol. The van der Waals surface area contributed by atoms with Crippen molar-refractivity contribution in [2.45, 2.75) is 32.6 Å². The molecule has 0 unspecified atom stereocenters. The number of carbonyl (C=O) groups excluding carboxylic acids is 1. The van der Waals surface area contributed by atoms with Gasteiger partial charge in [0.2, 0.25) is 0 Å². The Kier molecular flexibility index (Phi) is 5.33. The Bertz CT molecular complexity index is 414. The predicted molar refractivity (Wildman–Crippen MR) is 76.2 cm³/mol. The Hall–Kier alpha value is -1.42. The third-order valence-electron chi connectivity index (χ3n) is 3.51. The van der Waals surface area contributed by atoms with E-state index < -0.39 is 0 Å². The molecule has 1 aliphatic rings. The second-order valence-corrected chi connectivity index (χ2v) is 5.18. The van der Waals surface area contributed by atoms with Crippen LogP contribution in [0, 0.1) is 6.92 Å². The van der Waals surface area contributed by atoms with Crippen LogP contribution in [0.2, 0.25) is 0 Å². The molecular formula is C15H23N3O. The summed E-state index contributed by atoms with van der Waals surface area (Å²) in [5.41, 5.74) is 1.39. The molecule has 104 valence electrons. The number of aryl methyl sites for hydroxylation is 1. The van der Waals surface area contributed by atoms with Crippen LogP contribution in [0.3, 0.4) is 0 Å². The van der Waals surface area contributed by atoms with Crippen LogP contribution < -0.4 is 5.32 Å². The van der Waals surface area contributed by atoms with Crippen molar-refractivity contribution < 1.29 is 4.79 Å². The van der Waals surface area contributed by atoms with Gasteiger partial charge in [0.05, 0.1) is 0 Å². The molecule has 19 heavy (non-hydrogen) atoms. The fourth-order valence-electron chi connectivity index (χ4n) is 2.43. The van der Waals surface area contributed by atoms with Gasteiger partial charge in [-0.1, -0.05) is 6.07 Å². The van der Waals surface area contributed by atoms with E-state index in [1.54, 1.807) is 6.07 Å². The molecule has 0 spiro atoms. The quantitative estimate of drug-likeness (QED) is 0.797. The lowest BCUT2D eigenvalue weighted by atomic mass is 10.2. The molecule has 1 N–H and O–H groups in total. The second-order valence-electron chi connectivity index (χ2n) is 5.18. The number of aromatic nitrogens is 1. The van der Waals surface area contributed by atoms with Crippen LogP contribution in [0.25, 0.3) is 0 Å². The van der Waals surface area contributed by atoms with Crippen molar-refractivity contribution in [2.24, 2.45) is 0 Å². The number of rotatable bonds is 6. The first kappa shape index (κ1) is 14.0. The van der Waals surface area contributed by atoms with Gasteiger partial charge in [0.15, 0.2) is 0 Å². The molecule has 4 heteroatoms. The van der Waals surface area contributed by atoms with Crippen molar-refractivity contribution in [3.63, 3.8) is 0 Å². The van der Waals surface area contributed by atoms with Gasteiger partial charge in [-0.05, 0) is 64.4 Å². The molecule has 2 heterocycles. The zero-order chi connectivity index (χ0) is 13.5. The number of hydrogen-bond donors (Lipinski definition) is 1. The molecule has 0 saturated carbocycles. The number of amides is 1. The standard InChI is InChI=1S/C15H23N3O/c1-13-7-6-8-14(17-13)15(19)16-9-2-3-10-18-11-4-5-12-18/h6-8H,2-5,9-12H2,1H3,(H,16,19). The molecule has 1 aliphatic heterocycles. The topological polar surface area (TPSA) is 45.2 Å². The lowest BCUT2D eigenvalue weighted by Crippen LogP contribution is -2.26. The van der Waals surface area contributed by atoms with Crippen LogP contribution in [0.5, 0.6) is 0 Å². The summed E-state index contributed by atoms with van der Waals surface area (Å²) >= 11 is 0. The molecule has 0 bridgehead atoms. The van der Waals surface area contributed by atoms with Gasteiger partial charge >= 0.3 is 0 Å². The van der Waals surface area contributed by atoms with E-state index in [2.05, 4.69) is 15.2 Å². The van der Waals surface area contributed by atoms with E-state index in [4.69, 9.17) is 0 Å². The molecule has 0 atom stereocenters. The number of carbonyl (C=O) groups is 1. The zero-order valence-electron chi connectivity index (χ0n) is 11.7. The van der Waals surface area contributed by atoms with Gasteiger partial charge in [0, 0.05) is 12.2 Å². The summed E-state index contributed by atoms with van der Waals surface area (Å²) in [4.78, 5) is 18.6. The summed E-state index contributed by atoms with van der Waals surface area (Å²) in [7, 11) is 0. The number of likely N-dealkylation sites (tertiary alicyclic amines) is 1. The van der Waals surface area contributed by atoms with Crippen molar-refractivity contribution in [3.8, 4) is 0 Å². The molecule has 1 amide bonds.